The van der Waals surface area contributed by atoms with Gasteiger partial charge in [0, 0.05) is 17.2 Å². The average Bonchev–Trinajstić information content (AvgIpc) is 3.44. The zero-order valence-corrected chi connectivity index (χ0v) is 17.6. The summed E-state index contributed by atoms with van der Waals surface area (Å²) in [5, 5.41) is 10.6. The summed E-state index contributed by atoms with van der Waals surface area (Å²) in [7, 11) is 0. The number of benzene rings is 2. The number of carbonyl (C=O) groups is 1. The van der Waals surface area contributed by atoms with Crippen molar-refractivity contribution in [2.75, 3.05) is 0 Å². The fourth-order valence-electron chi connectivity index (χ4n) is 3.08. The van der Waals surface area contributed by atoms with Crippen molar-refractivity contribution in [1.29, 1.82) is 0 Å². The monoisotopic (exact) mass is 438 g/mol. The molecule has 0 saturated carbocycles. The van der Waals surface area contributed by atoms with E-state index in [1.54, 1.807) is 0 Å². The molecule has 1 N–H and O–H groups in total. The number of nitrogens with zero attached hydrogens (tertiary/aromatic N) is 3. The van der Waals surface area contributed by atoms with Gasteiger partial charge in [0.15, 0.2) is 23.1 Å². The molecule has 9 heteroatoms. The van der Waals surface area contributed by atoms with E-state index in [4.69, 9.17) is 9.05 Å². The van der Waals surface area contributed by atoms with Crippen molar-refractivity contribution in [1.82, 2.24) is 20.6 Å². The summed E-state index contributed by atoms with van der Waals surface area (Å²) in [4.78, 5) is 17.3. The van der Waals surface area contributed by atoms with E-state index in [-0.39, 0.29) is 22.9 Å². The number of aromatic nitrogens is 3. The quantitative estimate of drug-likeness (QED) is 0.461. The van der Waals surface area contributed by atoms with E-state index in [0.717, 1.165) is 17.7 Å². The molecular formula is C23H20F2N4O3. The standard InChI is InChI=1S/C23H20F2N4O3/c1-23(2,3)19(22-27-20(29-32-22)13-7-5-4-6-8-13)26-21(30)17-12-18(31-28-17)14-9-10-15(24)16(25)11-14/h4-12,19H,1-3H3,(H,26,30). The fraction of sp³-hybridized carbons (Fsp3) is 0.217. The van der Waals surface area contributed by atoms with Crippen molar-refractivity contribution >= 4 is 5.91 Å². The molecule has 2 aromatic heterocycles. The molecule has 0 aliphatic heterocycles. The zero-order chi connectivity index (χ0) is 22.9. The summed E-state index contributed by atoms with van der Waals surface area (Å²) < 4.78 is 37.3. The molecule has 0 aliphatic carbocycles. The first-order chi connectivity index (χ1) is 15.2. The highest BCUT2D eigenvalue weighted by Gasteiger charge is 2.34. The maximum atomic E-state index is 13.5. The lowest BCUT2D eigenvalue weighted by atomic mass is 9.86. The van der Waals surface area contributed by atoms with Crippen LogP contribution in [0, 0.1) is 17.0 Å². The average molecular weight is 438 g/mol. The van der Waals surface area contributed by atoms with Crippen molar-refractivity contribution in [2.45, 2.75) is 26.8 Å². The van der Waals surface area contributed by atoms with Gasteiger partial charge < -0.3 is 14.4 Å². The lowest BCUT2D eigenvalue weighted by Crippen LogP contribution is -2.37. The Balaban J connectivity index is 1.57. The summed E-state index contributed by atoms with van der Waals surface area (Å²) in [6, 6.07) is 13.3. The van der Waals surface area contributed by atoms with E-state index in [1.165, 1.54) is 12.1 Å². The highest BCUT2D eigenvalue weighted by atomic mass is 19.2. The molecule has 0 radical (unpaired) electrons. The molecule has 0 saturated heterocycles. The highest BCUT2D eigenvalue weighted by Crippen LogP contribution is 2.33. The van der Waals surface area contributed by atoms with Crippen molar-refractivity contribution in [3.8, 4) is 22.7 Å². The number of halogens is 2. The third-order valence-corrected chi connectivity index (χ3v) is 4.81. The minimum atomic E-state index is -1.02. The van der Waals surface area contributed by atoms with Gasteiger partial charge >= 0.3 is 0 Å². The normalized spacial score (nSPS) is 12.5. The smallest absolute Gasteiger partial charge is 0.274 e. The van der Waals surface area contributed by atoms with Crippen LogP contribution in [-0.4, -0.2) is 21.2 Å². The Morgan fingerprint density at radius 1 is 0.938 bits per heavy atom. The maximum Gasteiger partial charge on any atom is 0.274 e. The number of amides is 1. The van der Waals surface area contributed by atoms with E-state index in [1.807, 2.05) is 51.1 Å². The van der Waals surface area contributed by atoms with Gasteiger partial charge in [-0.25, -0.2) is 8.78 Å². The Morgan fingerprint density at radius 2 is 1.69 bits per heavy atom. The van der Waals surface area contributed by atoms with Gasteiger partial charge in [0.1, 0.15) is 6.04 Å². The molecule has 0 spiro atoms. The molecule has 0 bridgehead atoms. The number of hydrogen-bond acceptors (Lipinski definition) is 6. The number of carbonyl (C=O) groups excluding carboxylic acids is 1. The largest absolute Gasteiger partial charge is 0.355 e. The summed E-state index contributed by atoms with van der Waals surface area (Å²) in [6.07, 6.45) is 0. The van der Waals surface area contributed by atoms with E-state index >= 15 is 0 Å². The van der Waals surface area contributed by atoms with Crippen molar-refractivity contribution in [2.24, 2.45) is 5.41 Å². The van der Waals surface area contributed by atoms with Gasteiger partial charge in [-0.05, 0) is 23.6 Å². The van der Waals surface area contributed by atoms with Crippen LogP contribution in [-0.2, 0) is 0 Å². The van der Waals surface area contributed by atoms with Crippen LogP contribution in [0.2, 0.25) is 0 Å². The molecule has 0 fully saturated rings. The molecule has 164 valence electrons. The molecule has 1 amide bonds. The molecule has 2 heterocycles. The number of hydrogen-bond donors (Lipinski definition) is 1. The van der Waals surface area contributed by atoms with Crippen LogP contribution in [0.1, 0.15) is 43.2 Å². The van der Waals surface area contributed by atoms with Gasteiger partial charge in [-0.3, -0.25) is 4.79 Å². The van der Waals surface area contributed by atoms with E-state index in [2.05, 4.69) is 20.6 Å². The van der Waals surface area contributed by atoms with Gasteiger partial charge in [0.05, 0.1) is 0 Å². The van der Waals surface area contributed by atoms with Gasteiger partial charge in [0.25, 0.3) is 5.91 Å². The van der Waals surface area contributed by atoms with Crippen LogP contribution < -0.4 is 5.32 Å². The minimum absolute atomic E-state index is 0.0261. The molecule has 2 aromatic carbocycles. The third-order valence-electron chi connectivity index (χ3n) is 4.81. The summed E-state index contributed by atoms with van der Waals surface area (Å²) >= 11 is 0. The second-order valence-electron chi connectivity index (χ2n) is 8.30. The van der Waals surface area contributed by atoms with Gasteiger partial charge in [-0.1, -0.05) is 61.4 Å². The van der Waals surface area contributed by atoms with Crippen LogP contribution in [0.25, 0.3) is 22.7 Å². The van der Waals surface area contributed by atoms with Gasteiger partial charge in [0.2, 0.25) is 11.7 Å². The zero-order valence-electron chi connectivity index (χ0n) is 17.6. The number of nitrogens with one attached hydrogen (secondary N) is 1. The van der Waals surface area contributed by atoms with Crippen LogP contribution in [0.15, 0.2) is 63.6 Å². The van der Waals surface area contributed by atoms with Crippen molar-refractivity contribution in [3.05, 3.63) is 77.8 Å². The first-order valence-electron chi connectivity index (χ1n) is 9.84. The predicted molar refractivity (Wildman–Crippen MR) is 111 cm³/mol. The second-order valence-corrected chi connectivity index (χ2v) is 8.30. The van der Waals surface area contributed by atoms with E-state index in [9.17, 15) is 13.6 Å². The SMILES string of the molecule is CC(C)(C)C(NC(=O)c1cc(-c2ccc(F)c(F)c2)on1)c1nc(-c2ccccc2)no1. The van der Waals surface area contributed by atoms with Crippen molar-refractivity contribution < 1.29 is 22.6 Å². The topological polar surface area (TPSA) is 94.1 Å². The lowest BCUT2D eigenvalue weighted by Gasteiger charge is -2.27. The predicted octanol–water partition coefficient (Wildman–Crippen LogP) is 5.19. The highest BCUT2D eigenvalue weighted by molar-refractivity contribution is 5.93. The molecule has 7 nitrogen and oxygen atoms in total. The second kappa shape index (κ2) is 8.33. The molecule has 1 unspecified atom stereocenters. The van der Waals surface area contributed by atoms with Gasteiger partial charge in [-0.2, -0.15) is 4.98 Å². The van der Waals surface area contributed by atoms with Gasteiger partial charge in [-0.15, -0.1) is 0 Å². The summed E-state index contributed by atoms with van der Waals surface area (Å²) in [5.74, 6) is -1.76. The third kappa shape index (κ3) is 4.41. The van der Waals surface area contributed by atoms with Crippen molar-refractivity contribution in [3.63, 3.8) is 0 Å². The van der Waals surface area contributed by atoms with E-state index in [0.29, 0.717) is 5.82 Å². The van der Waals surface area contributed by atoms with E-state index < -0.39 is 29.0 Å². The van der Waals surface area contributed by atoms with Crippen LogP contribution in [0.4, 0.5) is 8.78 Å². The minimum Gasteiger partial charge on any atom is -0.355 e. The molecule has 4 aromatic rings. The van der Waals surface area contributed by atoms with Crippen LogP contribution in [0.3, 0.4) is 0 Å². The number of rotatable bonds is 5. The first kappa shape index (κ1) is 21.4. The fourth-order valence-corrected chi connectivity index (χ4v) is 3.08. The first-order valence-corrected chi connectivity index (χ1v) is 9.84. The van der Waals surface area contributed by atoms with Crippen LogP contribution >= 0.6 is 0 Å². The molecule has 4 rings (SSSR count). The molecule has 0 aliphatic rings. The Bertz CT molecular complexity index is 1250. The Morgan fingerprint density at radius 3 is 2.38 bits per heavy atom. The summed E-state index contributed by atoms with van der Waals surface area (Å²) in [5.41, 5.74) is 0.547. The Kier molecular flexibility index (Phi) is 5.56. The Hall–Kier alpha value is -3.88. The maximum absolute atomic E-state index is 13.5. The lowest BCUT2D eigenvalue weighted by molar-refractivity contribution is 0.0871. The molecular weight excluding hydrogens is 418 g/mol. The molecule has 1 atom stereocenters. The van der Waals surface area contributed by atoms with Crippen LogP contribution in [0.5, 0.6) is 0 Å². The summed E-state index contributed by atoms with van der Waals surface area (Å²) in [6.45, 7) is 5.75. The Labute approximate surface area is 182 Å². The molecule has 32 heavy (non-hydrogen) atoms.